The van der Waals surface area contributed by atoms with Crippen LogP contribution in [-0.4, -0.2) is 12.7 Å². The summed E-state index contributed by atoms with van der Waals surface area (Å²) in [5.41, 5.74) is 0.0620. The average Bonchev–Trinajstić information content (AvgIpc) is 1.84. The van der Waals surface area contributed by atoms with Crippen molar-refractivity contribution in [2.75, 3.05) is 7.11 Å². The molecule has 0 aliphatic carbocycles. The summed E-state index contributed by atoms with van der Waals surface area (Å²) in [4.78, 5) is 0. The summed E-state index contributed by atoms with van der Waals surface area (Å²) in [6.07, 6.45) is 4.42. The molecule has 0 bridgehead atoms. The predicted octanol–water partition coefficient (Wildman–Crippen LogP) is 2.42. The van der Waals surface area contributed by atoms with Crippen LogP contribution in [0.5, 0.6) is 0 Å². The van der Waals surface area contributed by atoms with Crippen LogP contribution in [-0.2, 0) is 4.74 Å². The molecule has 0 fully saturated rings. The van der Waals surface area contributed by atoms with Crippen LogP contribution in [0.25, 0.3) is 0 Å². The molecule has 0 unspecified atom stereocenters. The van der Waals surface area contributed by atoms with Crippen LogP contribution < -0.4 is 0 Å². The van der Waals surface area contributed by atoms with Gasteiger partial charge in [-0.15, -0.1) is 0 Å². The molecule has 0 N–H and O–H groups in total. The summed E-state index contributed by atoms with van der Waals surface area (Å²) < 4.78 is 5.22. The molecule has 9 heavy (non-hydrogen) atoms. The lowest BCUT2D eigenvalue weighted by atomic mass is 10.0. The van der Waals surface area contributed by atoms with Gasteiger partial charge in [0.2, 0.25) is 0 Å². The van der Waals surface area contributed by atoms with Gasteiger partial charge in [0.05, 0.1) is 5.60 Å². The fraction of sp³-hybridized carbons (Fsp3) is 0.875. The van der Waals surface area contributed by atoms with E-state index in [4.69, 9.17) is 4.74 Å². The highest BCUT2D eigenvalue weighted by Crippen LogP contribution is 2.15. The van der Waals surface area contributed by atoms with Gasteiger partial charge in [0, 0.05) is 7.11 Å². The number of unbranched alkanes of at least 4 members (excludes halogenated alkanes) is 1. The lowest BCUT2D eigenvalue weighted by Gasteiger charge is -2.21. The Morgan fingerprint density at radius 3 is 2.33 bits per heavy atom. The van der Waals surface area contributed by atoms with Crippen LogP contribution in [0.2, 0.25) is 0 Å². The maximum Gasteiger partial charge on any atom is 0.0622 e. The first-order valence-electron chi connectivity index (χ1n) is 3.45. The van der Waals surface area contributed by atoms with Crippen molar-refractivity contribution in [2.45, 2.75) is 39.2 Å². The third-order valence-corrected chi connectivity index (χ3v) is 1.59. The van der Waals surface area contributed by atoms with E-state index in [0.717, 1.165) is 12.8 Å². The van der Waals surface area contributed by atoms with Crippen molar-refractivity contribution < 1.29 is 4.74 Å². The van der Waals surface area contributed by atoms with Crippen LogP contribution in [0.15, 0.2) is 0 Å². The molecule has 55 valence electrons. The first-order valence-corrected chi connectivity index (χ1v) is 3.45. The van der Waals surface area contributed by atoms with Crippen molar-refractivity contribution in [1.82, 2.24) is 0 Å². The van der Waals surface area contributed by atoms with E-state index < -0.39 is 0 Å². The van der Waals surface area contributed by atoms with Gasteiger partial charge in [0.25, 0.3) is 0 Å². The van der Waals surface area contributed by atoms with Crippen molar-refractivity contribution in [3.05, 3.63) is 6.42 Å². The zero-order valence-electron chi connectivity index (χ0n) is 6.90. The molecule has 0 aromatic heterocycles. The molecule has 0 saturated carbocycles. The Balaban J connectivity index is 3.33. The first-order chi connectivity index (χ1) is 4.12. The van der Waals surface area contributed by atoms with Crippen LogP contribution in [0.4, 0.5) is 0 Å². The molecular weight excluding hydrogens is 112 g/mol. The predicted molar refractivity (Wildman–Crippen MR) is 40.3 cm³/mol. The first kappa shape index (κ1) is 8.96. The topological polar surface area (TPSA) is 9.23 Å². The van der Waals surface area contributed by atoms with Crippen molar-refractivity contribution in [1.29, 1.82) is 0 Å². The Morgan fingerprint density at radius 2 is 2.00 bits per heavy atom. The van der Waals surface area contributed by atoms with E-state index in [-0.39, 0.29) is 5.60 Å². The second-order valence-corrected chi connectivity index (χ2v) is 2.91. The largest absolute Gasteiger partial charge is 0.379 e. The molecule has 1 radical (unpaired) electrons. The van der Waals surface area contributed by atoms with Gasteiger partial charge < -0.3 is 4.74 Å². The van der Waals surface area contributed by atoms with Crippen LogP contribution in [0, 0.1) is 6.42 Å². The normalized spacial score (nSPS) is 12.0. The second-order valence-electron chi connectivity index (χ2n) is 2.91. The molecule has 0 aliphatic heterocycles. The molecular formula is C8H17O. The van der Waals surface area contributed by atoms with Crippen molar-refractivity contribution in [2.24, 2.45) is 0 Å². The third kappa shape index (κ3) is 4.46. The molecule has 0 aromatic carbocycles. The smallest absolute Gasteiger partial charge is 0.0622 e. The van der Waals surface area contributed by atoms with E-state index in [1.807, 2.05) is 0 Å². The molecule has 0 atom stereocenters. The highest BCUT2D eigenvalue weighted by molar-refractivity contribution is 4.70. The van der Waals surface area contributed by atoms with Gasteiger partial charge in [0.1, 0.15) is 0 Å². The second kappa shape index (κ2) is 3.89. The standard InChI is InChI=1S/C8H17O/c1-5-6-7-8(2,3)9-4/h5H,6-7H2,1-4H3. The van der Waals surface area contributed by atoms with Gasteiger partial charge in [-0.05, 0) is 33.1 Å². The number of hydrogen-bond donors (Lipinski definition) is 0. The molecule has 0 rings (SSSR count). The van der Waals surface area contributed by atoms with Gasteiger partial charge in [-0.25, -0.2) is 0 Å². The zero-order chi connectivity index (χ0) is 7.33. The Hall–Kier alpha value is -0.0400. The zero-order valence-corrected chi connectivity index (χ0v) is 6.90. The lowest BCUT2D eigenvalue weighted by Crippen LogP contribution is -2.21. The van der Waals surface area contributed by atoms with Crippen LogP contribution >= 0.6 is 0 Å². The minimum atomic E-state index is 0.0620. The third-order valence-electron chi connectivity index (χ3n) is 1.59. The molecule has 1 heteroatoms. The average molecular weight is 129 g/mol. The molecule has 0 aliphatic rings. The van der Waals surface area contributed by atoms with Gasteiger partial charge in [-0.2, -0.15) is 0 Å². The lowest BCUT2D eigenvalue weighted by molar-refractivity contribution is 0.0156. The van der Waals surface area contributed by atoms with E-state index >= 15 is 0 Å². The van der Waals surface area contributed by atoms with Crippen LogP contribution in [0.3, 0.4) is 0 Å². The van der Waals surface area contributed by atoms with Crippen molar-refractivity contribution >= 4 is 0 Å². The summed E-state index contributed by atoms with van der Waals surface area (Å²) >= 11 is 0. The van der Waals surface area contributed by atoms with Crippen molar-refractivity contribution in [3.63, 3.8) is 0 Å². The Kier molecular flexibility index (Phi) is 3.87. The minimum absolute atomic E-state index is 0.0620. The molecule has 0 heterocycles. The minimum Gasteiger partial charge on any atom is -0.379 e. The fourth-order valence-electron chi connectivity index (χ4n) is 0.594. The Bertz CT molecular complexity index is 67.0. The number of rotatable bonds is 4. The highest BCUT2D eigenvalue weighted by atomic mass is 16.5. The number of hydrogen-bond acceptors (Lipinski definition) is 1. The highest BCUT2D eigenvalue weighted by Gasteiger charge is 2.13. The Labute approximate surface area is 58.4 Å². The van der Waals surface area contributed by atoms with Gasteiger partial charge >= 0.3 is 0 Å². The molecule has 0 saturated heterocycles. The van der Waals surface area contributed by atoms with E-state index in [2.05, 4.69) is 27.2 Å². The van der Waals surface area contributed by atoms with Crippen molar-refractivity contribution in [3.8, 4) is 0 Å². The summed E-state index contributed by atoms with van der Waals surface area (Å²) in [5, 5.41) is 0. The fourth-order valence-corrected chi connectivity index (χ4v) is 0.594. The van der Waals surface area contributed by atoms with E-state index in [0.29, 0.717) is 0 Å². The summed E-state index contributed by atoms with van der Waals surface area (Å²) in [6.45, 7) is 6.29. The number of ether oxygens (including phenoxy) is 1. The Morgan fingerprint density at radius 1 is 1.44 bits per heavy atom. The van der Waals surface area contributed by atoms with E-state index in [1.54, 1.807) is 7.11 Å². The number of methoxy groups -OCH3 is 1. The van der Waals surface area contributed by atoms with Gasteiger partial charge in [-0.3, -0.25) is 0 Å². The van der Waals surface area contributed by atoms with Crippen LogP contribution in [0.1, 0.15) is 33.6 Å². The molecule has 1 nitrogen and oxygen atoms in total. The molecule has 0 spiro atoms. The molecule has 0 aromatic rings. The summed E-state index contributed by atoms with van der Waals surface area (Å²) in [7, 11) is 1.76. The van der Waals surface area contributed by atoms with Gasteiger partial charge in [-0.1, -0.05) is 6.92 Å². The quantitative estimate of drug-likeness (QED) is 0.566. The summed E-state index contributed by atoms with van der Waals surface area (Å²) in [5.74, 6) is 0. The van der Waals surface area contributed by atoms with E-state index in [1.165, 1.54) is 0 Å². The summed E-state index contributed by atoms with van der Waals surface area (Å²) in [6, 6.07) is 0. The SMILES string of the molecule is C[CH]CCC(C)(C)OC. The monoisotopic (exact) mass is 129 g/mol. The maximum absolute atomic E-state index is 5.22. The maximum atomic E-state index is 5.22. The van der Waals surface area contributed by atoms with Gasteiger partial charge in [0.15, 0.2) is 0 Å². The van der Waals surface area contributed by atoms with E-state index in [9.17, 15) is 0 Å². The molecule has 0 amide bonds.